The summed E-state index contributed by atoms with van der Waals surface area (Å²) in [5, 5.41) is 0. The Kier molecular flexibility index (Phi) is 4.11. The predicted molar refractivity (Wildman–Crippen MR) is 81.1 cm³/mol. The normalized spacial score (nSPS) is 11.3. The van der Waals surface area contributed by atoms with Gasteiger partial charge < -0.3 is 0 Å². The van der Waals surface area contributed by atoms with Gasteiger partial charge in [0.15, 0.2) is 6.29 Å². The van der Waals surface area contributed by atoms with Gasteiger partial charge in [0.25, 0.3) is 0 Å². The third-order valence-electron chi connectivity index (χ3n) is 2.96. The lowest BCUT2D eigenvalue weighted by molar-refractivity contribution is 0.112. The first-order chi connectivity index (χ1) is 9.02. The number of hydrogen-bond donors (Lipinski definition) is 0. The van der Waals surface area contributed by atoms with Crippen molar-refractivity contribution < 1.29 is 4.79 Å². The molecule has 0 atom stereocenters. The predicted octanol–water partition coefficient (Wildman–Crippen LogP) is 4.95. The summed E-state index contributed by atoms with van der Waals surface area (Å²) in [5.74, 6) is 0. The molecule has 2 rings (SSSR count). The van der Waals surface area contributed by atoms with Gasteiger partial charge in [-0.05, 0) is 23.1 Å². The second-order valence-corrected chi connectivity index (χ2v) is 6.59. The van der Waals surface area contributed by atoms with Gasteiger partial charge in [-0.15, -0.1) is 0 Å². The molecule has 0 aliphatic rings. The van der Waals surface area contributed by atoms with Gasteiger partial charge >= 0.3 is 0 Å². The minimum Gasteiger partial charge on any atom is -0.298 e. The molecule has 0 bridgehead atoms. The van der Waals surface area contributed by atoms with Crippen LogP contribution in [0.2, 0.25) is 0 Å². The van der Waals surface area contributed by atoms with E-state index in [2.05, 4.69) is 39.0 Å². The molecule has 0 aliphatic carbocycles. The van der Waals surface area contributed by atoms with Gasteiger partial charge in [-0.2, -0.15) is 0 Å². The van der Waals surface area contributed by atoms with E-state index in [1.54, 1.807) is 11.8 Å². The topological polar surface area (TPSA) is 17.1 Å². The van der Waals surface area contributed by atoms with Crippen LogP contribution in [0.15, 0.2) is 58.3 Å². The monoisotopic (exact) mass is 270 g/mol. The molecule has 2 aromatic carbocycles. The molecule has 0 aliphatic heterocycles. The van der Waals surface area contributed by atoms with Gasteiger partial charge in [0.05, 0.1) is 0 Å². The Balaban J connectivity index is 2.42. The third kappa shape index (κ3) is 3.27. The third-order valence-corrected chi connectivity index (χ3v) is 4.13. The number of hydrogen-bond acceptors (Lipinski definition) is 2. The second kappa shape index (κ2) is 5.62. The second-order valence-electron chi connectivity index (χ2n) is 5.50. The van der Waals surface area contributed by atoms with E-state index in [9.17, 15) is 4.79 Å². The van der Waals surface area contributed by atoms with Gasteiger partial charge in [-0.3, -0.25) is 4.79 Å². The maximum absolute atomic E-state index is 11.1. The fourth-order valence-corrected chi connectivity index (χ4v) is 3.21. The lowest BCUT2D eigenvalue weighted by Gasteiger charge is -2.22. The fraction of sp³-hybridized carbons (Fsp3) is 0.235. The molecule has 0 saturated carbocycles. The number of carbonyl (C=O) groups is 1. The summed E-state index contributed by atoms with van der Waals surface area (Å²) >= 11 is 1.66. The summed E-state index contributed by atoms with van der Waals surface area (Å²) in [6.07, 6.45) is 0.919. The highest BCUT2D eigenvalue weighted by molar-refractivity contribution is 7.99. The van der Waals surface area contributed by atoms with Crippen molar-refractivity contribution in [1.82, 2.24) is 0 Å². The van der Waals surface area contributed by atoms with Crippen LogP contribution < -0.4 is 0 Å². The van der Waals surface area contributed by atoms with E-state index < -0.39 is 0 Å². The molecule has 98 valence electrons. The van der Waals surface area contributed by atoms with Crippen LogP contribution in [-0.4, -0.2) is 6.29 Å². The molecule has 0 heterocycles. The lowest BCUT2D eigenvalue weighted by atomic mass is 9.87. The van der Waals surface area contributed by atoms with E-state index in [-0.39, 0.29) is 5.41 Å². The smallest absolute Gasteiger partial charge is 0.151 e. The van der Waals surface area contributed by atoms with Gasteiger partial charge in [-0.25, -0.2) is 0 Å². The standard InChI is InChI=1S/C17H18OS/c1-17(2,3)14-9-5-7-11-16(14)19-15-10-6-4-8-13(15)12-18/h4-12H,1-3H3. The first-order valence-corrected chi connectivity index (χ1v) is 7.15. The molecule has 0 N–H and O–H groups in total. The molecule has 0 spiro atoms. The number of benzene rings is 2. The zero-order valence-corrected chi connectivity index (χ0v) is 12.3. The van der Waals surface area contributed by atoms with Crippen molar-refractivity contribution in [2.75, 3.05) is 0 Å². The maximum atomic E-state index is 11.1. The minimum absolute atomic E-state index is 0.0969. The van der Waals surface area contributed by atoms with Gasteiger partial charge in [0.2, 0.25) is 0 Å². The van der Waals surface area contributed by atoms with E-state index in [1.165, 1.54) is 10.5 Å². The maximum Gasteiger partial charge on any atom is 0.151 e. The largest absolute Gasteiger partial charge is 0.298 e. The van der Waals surface area contributed by atoms with Crippen molar-refractivity contribution in [2.24, 2.45) is 0 Å². The zero-order valence-electron chi connectivity index (χ0n) is 11.5. The Morgan fingerprint density at radius 2 is 1.47 bits per heavy atom. The molecule has 0 saturated heterocycles. The van der Waals surface area contributed by atoms with Crippen molar-refractivity contribution in [1.29, 1.82) is 0 Å². The molecule has 2 heteroatoms. The van der Waals surface area contributed by atoms with E-state index in [1.807, 2.05) is 30.3 Å². The van der Waals surface area contributed by atoms with Crippen molar-refractivity contribution in [3.05, 3.63) is 59.7 Å². The Morgan fingerprint density at radius 1 is 0.895 bits per heavy atom. The van der Waals surface area contributed by atoms with Crippen molar-refractivity contribution >= 4 is 18.0 Å². The first-order valence-electron chi connectivity index (χ1n) is 6.34. The van der Waals surface area contributed by atoms with Gasteiger partial charge in [0, 0.05) is 15.4 Å². The quantitative estimate of drug-likeness (QED) is 0.734. The zero-order chi connectivity index (χ0) is 13.9. The van der Waals surface area contributed by atoms with E-state index >= 15 is 0 Å². The molecule has 19 heavy (non-hydrogen) atoms. The molecule has 0 radical (unpaired) electrons. The van der Waals surface area contributed by atoms with Crippen LogP contribution in [0.25, 0.3) is 0 Å². The molecule has 1 nitrogen and oxygen atoms in total. The highest BCUT2D eigenvalue weighted by Gasteiger charge is 2.18. The molecular formula is C17H18OS. The summed E-state index contributed by atoms with van der Waals surface area (Å²) in [6.45, 7) is 6.62. The van der Waals surface area contributed by atoms with Crippen molar-refractivity contribution in [2.45, 2.75) is 36.0 Å². The number of rotatable bonds is 3. The van der Waals surface area contributed by atoms with Crippen LogP contribution in [0.1, 0.15) is 36.7 Å². The van der Waals surface area contributed by atoms with Crippen molar-refractivity contribution in [3.63, 3.8) is 0 Å². The molecule has 0 fully saturated rings. The summed E-state index contributed by atoms with van der Waals surface area (Å²) in [5.41, 5.74) is 2.15. The van der Waals surface area contributed by atoms with Crippen LogP contribution in [-0.2, 0) is 5.41 Å². The highest BCUT2D eigenvalue weighted by Crippen LogP contribution is 2.37. The van der Waals surface area contributed by atoms with Crippen molar-refractivity contribution in [3.8, 4) is 0 Å². The molecule has 0 aromatic heterocycles. The molecule has 0 unspecified atom stereocenters. The van der Waals surface area contributed by atoms with Gasteiger partial charge in [-0.1, -0.05) is 68.9 Å². The van der Waals surface area contributed by atoms with Crippen LogP contribution in [0.3, 0.4) is 0 Å². The van der Waals surface area contributed by atoms with Crippen LogP contribution >= 0.6 is 11.8 Å². The Morgan fingerprint density at radius 3 is 2.11 bits per heavy atom. The average Bonchev–Trinajstić information content (AvgIpc) is 2.39. The molecule has 2 aromatic rings. The van der Waals surface area contributed by atoms with E-state index in [0.717, 1.165) is 16.7 Å². The summed E-state index contributed by atoms with van der Waals surface area (Å²) in [7, 11) is 0. The van der Waals surface area contributed by atoms with E-state index in [4.69, 9.17) is 0 Å². The van der Waals surface area contributed by atoms with E-state index in [0.29, 0.717) is 0 Å². The minimum atomic E-state index is 0.0969. The lowest BCUT2D eigenvalue weighted by Crippen LogP contribution is -2.12. The van der Waals surface area contributed by atoms with Crippen LogP contribution in [0.4, 0.5) is 0 Å². The Labute approximate surface area is 119 Å². The number of carbonyl (C=O) groups excluding carboxylic acids is 1. The van der Waals surface area contributed by atoms with Crippen LogP contribution in [0.5, 0.6) is 0 Å². The highest BCUT2D eigenvalue weighted by atomic mass is 32.2. The van der Waals surface area contributed by atoms with Crippen LogP contribution in [0, 0.1) is 0 Å². The summed E-state index contributed by atoms with van der Waals surface area (Å²) in [4.78, 5) is 13.3. The summed E-state index contributed by atoms with van der Waals surface area (Å²) in [6, 6.07) is 16.1. The number of aldehydes is 1. The Hall–Kier alpha value is -1.54. The first kappa shape index (κ1) is 13.9. The Bertz CT molecular complexity index is 582. The fourth-order valence-electron chi connectivity index (χ4n) is 1.96. The average molecular weight is 270 g/mol. The molecule has 0 amide bonds. The van der Waals surface area contributed by atoms with Gasteiger partial charge in [0.1, 0.15) is 0 Å². The summed E-state index contributed by atoms with van der Waals surface area (Å²) < 4.78 is 0. The molecular weight excluding hydrogens is 252 g/mol. The SMILES string of the molecule is CC(C)(C)c1ccccc1Sc1ccccc1C=O.